The molecule has 25 heavy (non-hydrogen) atoms. The molecule has 3 heterocycles. The van der Waals surface area contributed by atoms with Crippen molar-refractivity contribution in [3.8, 4) is 11.5 Å². The summed E-state index contributed by atoms with van der Waals surface area (Å²) in [5.41, 5.74) is 8.46. The number of aromatic nitrogens is 4. The molecule has 3 rings (SSSR count). The van der Waals surface area contributed by atoms with Gasteiger partial charge in [0.1, 0.15) is 12.0 Å². The van der Waals surface area contributed by atoms with Crippen LogP contribution in [0.3, 0.4) is 0 Å². The molecule has 0 aliphatic rings. The minimum atomic E-state index is -0.657. The first-order valence-electron chi connectivity index (χ1n) is 7.06. The van der Waals surface area contributed by atoms with Gasteiger partial charge in [0.2, 0.25) is 11.6 Å². The zero-order valence-corrected chi connectivity index (χ0v) is 13.4. The van der Waals surface area contributed by atoms with Gasteiger partial charge < -0.3 is 9.73 Å². The van der Waals surface area contributed by atoms with Crippen molar-refractivity contribution in [3.05, 3.63) is 44.1 Å². The predicted molar refractivity (Wildman–Crippen MR) is 84.0 cm³/mol. The van der Waals surface area contributed by atoms with Crippen LogP contribution in [0.25, 0.3) is 22.0 Å². The molecule has 13 heteroatoms. The smallest absolute Gasteiger partial charge is 0.441 e. The second kappa shape index (κ2) is 7.55. The van der Waals surface area contributed by atoms with Crippen molar-refractivity contribution in [1.29, 1.82) is 0 Å². The molecule has 12 nitrogen and oxygen atoms in total. The molecule has 0 radical (unpaired) electrons. The number of hydrogen-bond acceptors (Lipinski definition) is 9. The Morgan fingerprint density at radius 1 is 1.40 bits per heavy atom. The zero-order chi connectivity index (χ0) is 17.6. The fraction of sp³-hybridized carbons (Fsp3) is 0.333. The minimum Gasteiger partial charge on any atom is -0.468 e. The molecule has 3 aromatic heterocycles. The Hall–Kier alpha value is -3.24. The predicted octanol–water partition coefficient (Wildman–Crippen LogP) is 2.10. The quantitative estimate of drug-likeness (QED) is 0.274. The van der Waals surface area contributed by atoms with Crippen molar-refractivity contribution >= 4 is 17.4 Å². The van der Waals surface area contributed by atoms with Gasteiger partial charge in [0.05, 0.1) is 5.02 Å². The number of nitrogens with one attached hydrogen (secondary N) is 1. The fourth-order valence-corrected chi connectivity index (χ4v) is 2.23. The van der Waals surface area contributed by atoms with E-state index in [0.717, 1.165) is 0 Å². The van der Waals surface area contributed by atoms with Crippen LogP contribution >= 0.6 is 11.6 Å². The molecular formula is C12H11ClN8O4. The topological polar surface area (TPSA) is 161 Å². The lowest BCUT2D eigenvalue weighted by atomic mass is 10.3. The van der Waals surface area contributed by atoms with Crippen molar-refractivity contribution in [1.82, 2.24) is 20.0 Å². The zero-order valence-electron chi connectivity index (χ0n) is 12.6. The van der Waals surface area contributed by atoms with Gasteiger partial charge >= 0.3 is 5.76 Å². The van der Waals surface area contributed by atoms with Crippen LogP contribution in [0.5, 0.6) is 0 Å². The van der Waals surface area contributed by atoms with Crippen molar-refractivity contribution < 1.29 is 13.6 Å². The van der Waals surface area contributed by atoms with Gasteiger partial charge in [-0.25, -0.2) is 9.42 Å². The average Bonchev–Trinajstić information content (AvgIpc) is 3.30. The highest BCUT2D eigenvalue weighted by Crippen LogP contribution is 2.22. The number of nitrogens with zero attached hydrogens (tertiary/aromatic N) is 7. The molecule has 0 saturated carbocycles. The Morgan fingerprint density at radius 2 is 2.28 bits per heavy atom. The monoisotopic (exact) mass is 366 g/mol. The van der Waals surface area contributed by atoms with Crippen molar-refractivity contribution in [2.24, 2.45) is 5.11 Å². The van der Waals surface area contributed by atoms with E-state index in [0.29, 0.717) is 23.7 Å². The molecule has 0 amide bonds. The lowest BCUT2D eigenvalue weighted by Crippen LogP contribution is -2.17. The summed E-state index contributed by atoms with van der Waals surface area (Å²) in [6.45, 7) is 0.735. The van der Waals surface area contributed by atoms with Crippen LogP contribution in [0, 0.1) is 0 Å². The maximum absolute atomic E-state index is 11.9. The van der Waals surface area contributed by atoms with Gasteiger partial charge in [-0.1, -0.05) is 21.9 Å². The number of azide groups is 1. The van der Waals surface area contributed by atoms with Gasteiger partial charge in [-0.2, -0.15) is 0 Å². The van der Waals surface area contributed by atoms with Crippen molar-refractivity contribution in [2.75, 3.05) is 18.4 Å². The molecule has 0 bridgehead atoms. The van der Waals surface area contributed by atoms with Crippen LogP contribution in [-0.2, 0) is 13.0 Å². The third-order valence-corrected chi connectivity index (χ3v) is 3.36. The Morgan fingerprint density at radius 3 is 3.04 bits per heavy atom. The summed E-state index contributed by atoms with van der Waals surface area (Å²) in [6.07, 6.45) is 1.80. The molecule has 0 aliphatic carbocycles. The Labute approximate surface area is 143 Å². The molecule has 0 fully saturated rings. The first-order chi connectivity index (χ1) is 12.2. The largest absolute Gasteiger partial charge is 0.468 e. The Bertz CT molecular complexity index is 950. The normalized spacial score (nSPS) is 10.6. The Balaban J connectivity index is 1.78. The van der Waals surface area contributed by atoms with E-state index in [4.69, 9.17) is 26.1 Å². The molecule has 130 valence electrons. The maximum Gasteiger partial charge on any atom is 0.441 e. The SMILES string of the molecule is [N-]=[N+]=NCCNc1nonc1-c1noc(=O)n1CCc1cc(Cl)co1. The molecule has 0 aromatic carbocycles. The van der Waals surface area contributed by atoms with E-state index < -0.39 is 5.76 Å². The van der Waals surface area contributed by atoms with Gasteiger partial charge in [0, 0.05) is 31.0 Å². The van der Waals surface area contributed by atoms with Gasteiger partial charge in [0.15, 0.2) is 5.69 Å². The Kier molecular flexibility index (Phi) is 5.02. The lowest BCUT2D eigenvalue weighted by molar-refractivity contribution is 0.309. The summed E-state index contributed by atoms with van der Waals surface area (Å²) in [7, 11) is 0. The maximum atomic E-state index is 11.9. The lowest BCUT2D eigenvalue weighted by Gasteiger charge is -2.03. The highest BCUT2D eigenvalue weighted by molar-refractivity contribution is 6.30. The molecule has 3 aromatic rings. The van der Waals surface area contributed by atoms with Gasteiger partial charge in [0.25, 0.3) is 0 Å². The molecule has 0 saturated heterocycles. The molecule has 0 unspecified atom stereocenters. The highest BCUT2D eigenvalue weighted by atomic mass is 35.5. The standard InChI is InChI=1S/C12H11ClN8O4/c13-7-5-8(23-6-7)1-4-21-11(19-24-12(21)22)9-10(18-25-17-9)15-2-3-16-20-14/h5-6H,1-4H2,(H,15,18). The summed E-state index contributed by atoms with van der Waals surface area (Å²) in [4.78, 5) is 14.5. The summed E-state index contributed by atoms with van der Waals surface area (Å²) in [6, 6.07) is 1.65. The second-order valence-electron chi connectivity index (χ2n) is 4.75. The molecule has 1 N–H and O–H groups in total. The van der Waals surface area contributed by atoms with Crippen LogP contribution < -0.4 is 11.1 Å². The molecular weight excluding hydrogens is 356 g/mol. The summed E-state index contributed by atoms with van der Waals surface area (Å²) >= 11 is 5.79. The number of rotatable bonds is 8. The van der Waals surface area contributed by atoms with Crippen LogP contribution in [-0.4, -0.2) is 33.1 Å². The van der Waals surface area contributed by atoms with Crippen molar-refractivity contribution in [3.63, 3.8) is 0 Å². The molecule has 0 aliphatic heterocycles. The number of anilines is 1. The van der Waals surface area contributed by atoms with Gasteiger partial charge in [-0.3, -0.25) is 9.09 Å². The van der Waals surface area contributed by atoms with Gasteiger partial charge in [-0.05, 0) is 21.9 Å². The number of halogens is 1. The van der Waals surface area contributed by atoms with E-state index in [1.165, 1.54) is 10.8 Å². The molecule has 0 atom stereocenters. The van der Waals surface area contributed by atoms with E-state index in [2.05, 4.69) is 35.4 Å². The minimum absolute atomic E-state index is 0.148. The average molecular weight is 367 g/mol. The number of furan rings is 1. The number of hydrogen-bond donors (Lipinski definition) is 1. The van der Waals surface area contributed by atoms with E-state index in [1.54, 1.807) is 6.07 Å². The first kappa shape index (κ1) is 16.6. The van der Waals surface area contributed by atoms with Crippen LogP contribution in [0.15, 0.2) is 35.8 Å². The third kappa shape index (κ3) is 3.82. The second-order valence-corrected chi connectivity index (χ2v) is 5.18. The summed E-state index contributed by atoms with van der Waals surface area (Å²) < 4.78 is 15.9. The first-order valence-corrected chi connectivity index (χ1v) is 7.44. The summed E-state index contributed by atoms with van der Waals surface area (Å²) in [5.74, 6) is 0.345. The van der Waals surface area contributed by atoms with Crippen molar-refractivity contribution in [2.45, 2.75) is 13.0 Å². The van der Waals surface area contributed by atoms with E-state index >= 15 is 0 Å². The molecule has 0 spiro atoms. The van der Waals surface area contributed by atoms with Crippen LogP contribution in [0.4, 0.5) is 5.82 Å². The van der Waals surface area contributed by atoms with Gasteiger partial charge in [-0.15, -0.1) is 0 Å². The van der Waals surface area contributed by atoms with Crippen LogP contribution in [0.1, 0.15) is 5.76 Å². The van der Waals surface area contributed by atoms with E-state index in [-0.39, 0.29) is 30.4 Å². The summed E-state index contributed by atoms with van der Waals surface area (Å²) in [5, 5.41) is 17.9. The number of aryl methyl sites for hydroxylation is 1. The fourth-order valence-electron chi connectivity index (χ4n) is 2.06. The third-order valence-electron chi connectivity index (χ3n) is 3.16. The highest BCUT2D eigenvalue weighted by Gasteiger charge is 2.21. The van der Waals surface area contributed by atoms with E-state index in [1.807, 2.05) is 0 Å². The van der Waals surface area contributed by atoms with E-state index in [9.17, 15) is 4.79 Å². The van der Waals surface area contributed by atoms with Crippen LogP contribution in [0.2, 0.25) is 5.02 Å².